The zero-order valence-electron chi connectivity index (χ0n) is 34.2. The first kappa shape index (κ1) is 53.6. The molecule has 0 aliphatic heterocycles. The fourth-order valence-electron chi connectivity index (χ4n) is 6.00. The number of carbonyl (C=O) groups excluding carboxylic acids is 1. The molecule has 320 valence electrons. The van der Waals surface area contributed by atoms with E-state index in [1.54, 1.807) is 6.08 Å². The summed E-state index contributed by atoms with van der Waals surface area (Å²) in [6.45, 7) is 0. The Hall–Kier alpha value is -3.42. The van der Waals surface area contributed by atoms with Crippen LogP contribution in [0.3, 0.4) is 0 Å². The first-order chi connectivity index (χ1) is 27.4. The number of aliphatic hydroxyl groups is 7. The van der Waals surface area contributed by atoms with Gasteiger partial charge in [-0.15, -0.1) is 6.42 Å². The Bertz CT molecular complexity index is 1330. The fourth-order valence-corrected chi connectivity index (χ4v) is 6.00. The van der Waals surface area contributed by atoms with Crippen LogP contribution in [-0.2, 0) is 9.59 Å². The first-order valence-corrected chi connectivity index (χ1v) is 21.2. The second-order valence-corrected chi connectivity index (χ2v) is 14.8. The van der Waals surface area contributed by atoms with Gasteiger partial charge in [0.15, 0.2) is 6.10 Å². The lowest BCUT2D eigenvalue weighted by Crippen LogP contribution is -2.24. The van der Waals surface area contributed by atoms with Crippen molar-refractivity contribution in [1.29, 1.82) is 0 Å². The largest absolute Gasteiger partial charge is 0.472 e. The van der Waals surface area contributed by atoms with E-state index in [0.717, 1.165) is 64.2 Å². The summed E-state index contributed by atoms with van der Waals surface area (Å²) >= 11 is 0. The topological polar surface area (TPSA) is 196 Å². The third-order valence-electron chi connectivity index (χ3n) is 9.42. The molecule has 0 aromatic heterocycles. The Morgan fingerprint density at radius 3 is 1.74 bits per heavy atom. The number of carboxylic acid groups (broad SMARTS) is 1. The number of Topliss-reactive ketones (excluding diaryl/α,β-unsaturated/α-hetero) is 1. The monoisotopic (exact) mass is 797 g/mol. The van der Waals surface area contributed by atoms with Crippen LogP contribution in [0, 0.1) is 47.9 Å². The number of aliphatic hydroxyl groups excluding tert-OH is 7. The van der Waals surface area contributed by atoms with Crippen molar-refractivity contribution in [1.82, 2.24) is 0 Å². The van der Waals surface area contributed by atoms with Crippen molar-refractivity contribution in [2.24, 2.45) is 0 Å². The van der Waals surface area contributed by atoms with Crippen molar-refractivity contribution in [3.63, 3.8) is 0 Å². The number of ketones is 1. The van der Waals surface area contributed by atoms with Crippen LogP contribution in [-0.4, -0.2) is 95.3 Å². The molecule has 10 heteroatoms. The molecule has 0 aliphatic rings. The number of unbranched alkanes of at least 4 members (excludes halogenated alkanes) is 15. The molecule has 0 amide bonds. The minimum Gasteiger partial charge on any atom is -0.472 e. The Morgan fingerprint density at radius 2 is 1.11 bits per heavy atom. The van der Waals surface area contributed by atoms with Gasteiger partial charge in [0.25, 0.3) is 0 Å². The summed E-state index contributed by atoms with van der Waals surface area (Å²) in [5.41, 5.74) is 0. The highest BCUT2D eigenvalue weighted by atomic mass is 16.4. The summed E-state index contributed by atoms with van der Waals surface area (Å²) in [5, 5.41) is 77.1. The molecule has 57 heavy (non-hydrogen) atoms. The third kappa shape index (κ3) is 37.9. The smallest absolute Gasteiger partial charge is 0.381 e. The second-order valence-electron chi connectivity index (χ2n) is 14.8. The normalized spacial score (nSPS) is 14.8. The minimum atomic E-state index is -1.32. The van der Waals surface area contributed by atoms with Gasteiger partial charge in [-0.05, 0) is 70.3 Å². The molecule has 0 saturated carbocycles. The van der Waals surface area contributed by atoms with Crippen molar-refractivity contribution in [2.45, 2.75) is 210 Å². The summed E-state index contributed by atoms with van der Waals surface area (Å²) in [5.74, 6) is 16.0. The first-order valence-electron chi connectivity index (χ1n) is 21.2. The average Bonchev–Trinajstić information content (AvgIpc) is 3.18. The highest BCUT2D eigenvalue weighted by Gasteiger charge is 2.13. The van der Waals surface area contributed by atoms with Crippen LogP contribution in [0.2, 0.25) is 0 Å². The van der Waals surface area contributed by atoms with Crippen LogP contribution >= 0.6 is 0 Å². The molecule has 0 rings (SSSR count). The zero-order valence-corrected chi connectivity index (χ0v) is 34.2. The molecule has 0 unspecified atom stereocenters. The maximum atomic E-state index is 12.2. The van der Waals surface area contributed by atoms with Crippen molar-refractivity contribution in [2.75, 3.05) is 0 Å². The number of rotatable bonds is 33. The molecule has 7 atom stereocenters. The van der Waals surface area contributed by atoms with Crippen LogP contribution in [0.15, 0.2) is 24.3 Å². The molecule has 0 aromatic rings. The number of hydrogen-bond acceptors (Lipinski definition) is 9. The van der Waals surface area contributed by atoms with Gasteiger partial charge < -0.3 is 40.9 Å². The molecular formula is C47H72O10. The number of hydrogen-bond donors (Lipinski definition) is 8. The predicted molar refractivity (Wildman–Crippen MR) is 225 cm³/mol. The van der Waals surface area contributed by atoms with Gasteiger partial charge in [0, 0.05) is 31.6 Å². The third-order valence-corrected chi connectivity index (χ3v) is 9.42. The Labute approximate surface area is 343 Å². The quantitative estimate of drug-likeness (QED) is 0.0220. The van der Waals surface area contributed by atoms with Gasteiger partial charge in [-0.1, -0.05) is 131 Å². The number of aliphatic carboxylic acids is 1. The van der Waals surface area contributed by atoms with E-state index < -0.39 is 48.7 Å². The summed E-state index contributed by atoms with van der Waals surface area (Å²) < 4.78 is 0. The van der Waals surface area contributed by atoms with Gasteiger partial charge >= 0.3 is 5.97 Å². The SMILES string of the molecule is C#C[C@@H](O)/C=C/[C@H](O)CCC[C@@H](O)CC#C[C@H](O)C#CCCCC[C@@H](O)/C=C/CCCC(=O)CCCCCCCCCCCCCCC[C@H](O)[C@H](O)C#CC(=O)O. The number of carboxylic acids is 1. The van der Waals surface area contributed by atoms with Gasteiger partial charge in [-0.25, -0.2) is 4.79 Å². The molecule has 0 radical (unpaired) electrons. The van der Waals surface area contributed by atoms with Crippen LogP contribution in [0.1, 0.15) is 167 Å². The summed E-state index contributed by atoms with van der Waals surface area (Å²) in [7, 11) is 0. The van der Waals surface area contributed by atoms with Crippen LogP contribution in [0.5, 0.6) is 0 Å². The van der Waals surface area contributed by atoms with E-state index in [1.165, 1.54) is 57.1 Å². The molecule has 0 aliphatic carbocycles. The van der Waals surface area contributed by atoms with E-state index in [1.807, 2.05) is 12.0 Å². The van der Waals surface area contributed by atoms with Crippen LogP contribution in [0.4, 0.5) is 0 Å². The molecule has 0 spiro atoms. The highest BCUT2D eigenvalue weighted by molar-refractivity contribution is 5.86. The zero-order chi connectivity index (χ0) is 42.4. The van der Waals surface area contributed by atoms with Crippen LogP contribution < -0.4 is 0 Å². The average molecular weight is 797 g/mol. The molecular weight excluding hydrogens is 725 g/mol. The van der Waals surface area contributed by atoms with E-state index in [9.17, 15) is 45.3 Å². The summed E-state index contributed by atoms with van der Waals surface area (Å²) in [6.07, 6.45) is 27.4. The minimum absolute atomic E-state index is 0.195. The molecule has 0 bridgehead atoms. The van der Waals surface area contributed by atoms with Gasteiger partial charge in [0.05, 0.1) is 24.4 Å². The predicted octanol–water partition coefficient (Wildman–Crippen LogP) is 6.06. The van der Waals surface area contributed by atoms with E-state index in [0.29, 0.717) is 57.1 Å². The van der Waals surface area contributed by atoms with E-state index >= 15 is 0 Å². The second kappa shape index (κ2) is 38.1. The summed E-state index contributed by atoms with van der Waals surface area (Å²) in [6, 6.07) is 0. The fraction of sp³-hybridized carbons (Fsp3) is 0.702. The lowest BCUT2D eigenvalue weighted by atomic mass is 10.0. The van der Waals surface area contributed by atoms with Gasteiger partial charge in [-0.3, -0.25) is 4.79 Å². The number of terminal acetylenes is 1. The van der Waals surface area contributed by atoms with E-state index in [2.05, 4.69) is 35.5 Å². The van der Waals surface area contributed by atoms with Gasteiger partial charge in [-0.2, -0.15) is 0 Å². The molecule has 10 nitrogen and oxygen atoms in total. The maximum absolute atomic E-state index is 12.2. The van der Waals surface area contributed by atoms with Gasteiger partial charge in [0.1, 0.15) is 18.0 Å². The van der Waals surface area contributed by atoms with Crippen molar-refractivity contribution in [3.05, 3.63) is 24.3 Å². The maximum Gasteiger partial charge on any atom is 0.381 e. The van der Waals surface area contributed by atoms with Crippen molar-refractivity contribution >= 4 is 11.8 Å². The van der Waals surface area contributed by atoms with Crippen molar-refractivity contribution < 1.29 is 50.4 Å². The molecule has 0 aromatic carbocycles. The van der Waals surface area contributed by atoms with E-state index in [-0.39, 0.29) is 6.42 Å². The number of allylic oxidation sites excluding steroid dienone is 1. The molecule has 8 N–H and O–H groups in total. The molecule has 0 fully saturated rings. The molecule has 0 saturated heterocycles. The standard InChI is InChI=1S/C47H72O10/c1-2-39(48)35-36-44(53)33-24-32-43(52)31-23-30-42(51)27-19-15-14-18-26-41(50)29-21-16-20-28-40(49)25-17-12-10-8-6-4-3-5-7-9-11-13-22-34-45(54)46(55)37-38-47(56)57/h1,21,29,35-36,39,41-46,48,50-55H,3-18,20,22,24-26,28,31-34H2,(H,56,57)/b29-21+,36-35+/t39-,41-,42-,43+,44-,45+,46-/m1/s1. The Kier molecular flexibility index (Phi) is 35.8. The lowest BCUT2D eigenvalue weighted by molar-refractivity contribution is -0.130. The highest BCUT2D eigenvalue weighted by Crippen LogP contribution is 2.15. The summed E-state index contributed by atoms with van der Waals surface area (Å²) in [4.78, 5) is 22.6. The van der Waals surface area contributed by atoms with Crippen molar-refractivity contribution in [3.8, 4) is 47.9 Å². The Balaban J connectivity index is 3.68. The molecule has 0 heterocycles. The lowest BCUT2D eigenvalue weighted by Gasteiger charge is -2.12. The van der Waals surface area contributed by atoms with Gasteiger partial charge in [0.2, 0.25) is 0 Å². The van der Waals surface area contributed by atoms with E-state index in [4.69, 9.17) is 11.5 Å². The number of carbonyl (C=O) groups is 2. The Morgan fingerprint density at radius 1 is 0.561 bits per heavy atom. The van der Waals surface area contributed by atoms with Crippen LogP contribution in [0.25, 0.3) is 0 Å².